The van der Waals surface area contributed by atoms with Crippen LogP contribution in [0.4, 0.5) is 0 Å². The number of hydrogen-bond donors (Lipinski definition) is 1. The molecule has 6 nitrogen and oxygen atoms in total. The molecule has 0 aliphatic rings. The van der Waals surface area contributed by atoms with Crippen LogP contribution in [-0.4, -0.2) is 15.5 Å². The number of ether oxygens (including phenoxy) is 1. The smallest absolute Gasteiger partial charge is 0.251 e. The van der Waals surface area contributed by atoms with Crippen LogP contribution in [0.5, 0.6) is 5.75 Å². The van der Waals surface area contributed by atoms with Gasteiger partial charge in [-0.15, -0.1) is 0 Å². The lowest BCUT2D eigenvalue weighted by atomic mass is 10.1. The first kappa shape index (κ1) is 20.9. The second-order valence-electron chi connectivity index (χ2n) is 7.32. The molecule has 6 heteroatoms. The molecule has 0 radical (unpaired) electrons. The lowest BCUT2D eigenvalue weighted by molar-refractivity contribution is 0.0950. The lowest BCUT2D eigenvalue weighted by Gasteiger charge is -2.10. The molecule has 3 aromatic carbocycles. The fraction of sp³-hybridized carbons (Fsp3) is 0.115. The summed E-state index contributed by atoms with van der Waals surface area (Å²) in [7, 11) is 0. The average molecular weight is 422 g/mol. The summed E-state index contributed by atoms with van der Waals surface area (Å²) >= 11 is 0. The van der Waals surface area contributed by atoms with Crippen molar-refractivity contribution in [1.29, 1.82) is 5.26 Å². The van der Waals surface area contributed by atoms with E-state index in [9.17, 15) is 10.1 Å². The Labute approximate surface area is 186 Å². The van der Waals surface area contributed by atoms with Gasteiger partial charge in [-0.3, -0.25) is 4.79 Å². The zero-order valence-corrected chi connectivity index (χ0v) is 17.4. The first-order valence-corrected chi connectivity index (χ1v) is 10.2. The highest BCUT2D eigenvalue weighted by Crippen LogP contribution is 2.17. The van der Waals surface area contributed by atoms with E-state index in [4.69, 9.17) is 4.74 Å². The van der Waals surface area contributed by atoms with E-state index in [2.05, 4.69) is 28.5 Å². The van der Waals surface area contributed by atoms with Gasteiger partial charge in [-0.1, -0.05) is 48.5 Å². The van der Waals surface area contributed by atoms with Gasteiger partial charge in [0.2, 0.25) is 0 Å². The van der Waals surface area contributed by atoms with Gasteiger partial charge in [-0.2, -0.15) is 5.26 Å². The minimum Gasteiger partial charge on any atom is -0.489 e. The third kappa shape index (κ3) is 5.41. The zero-order chi connectivity index (χ0) is 22.2. The quantitative estimate of drug-likeness (QED) is 0.459. The molecule has 0 spiro atoms. The first-order valence-electron chi connectivity index (χ1n) is 10.2. The predicted octanol–water partition coefficient (Wildman–Crippen LogP) is 4.31. The maximum Gasteiger partial charge on any atom is 0.251 e. The number of hydrogen-bond acceptors (Lipinski definition) is 4. The monoisotopic (exact) mass is 422 g/mol. The Balaban J connectivity index is 1.35. The minimum absolute atomic E-state index is 0.173. The summed E-state index contributed by atoms with van der Waals surface area (Å²) in [4.78, 5) is 16.7. The molecule has 1 heterocycles. The summed E-state index contributed by atoms with van der Waals surface area (Å²) in [6.07, 6.45) is 5.45. The van der Waals surface area contributed by atoms with Crippen LogP contribution in [0.25, 0.3) is 0 Å². The fourth-order valence-electron chi connectivity index (χ4n) is 3.36. The molecule has 0 unspecified atom stereocenters. The molecule has 32 heavy (non-hydrogen) atoms. The maximum atomic E-state index is 12.7. The third-order valence-corrected chi connectivity index (χ3v) is 5.00. The maximum absolute atomic E-state index is 12.7. The highest BCUT2D eigenvalue weighted by molar-refractivity contribution is 5.94. The van der Waals surface area contributed by atoms with Crippen molar-refractivity contribution >= 4 is 5.91 Å². The van der Waals surface area contributed by atoms with Crippen LogP contribution in [0.2, 0.25) is 0 Å². The fourth-order valence-corrected chi connectivity index (χ4v) is 3.36. The Morgan fingerprint density at radius 2 is 1.88 bits per heavy atom. The van der Waals surface area contributed by atoms with Gasteiger partial charge >= 0.3 is 0 Å². The second kappa shape index (κ2) is 10.1. The van der Waals surface area contributed by atoms with E-state index in [1.54, 1.807) is 42.9 Å². The summed E-state index contributed by atoms with van der Waals surface area (Å²) in [5, 5.41) is 12.2. The Bertz CT molecular complexity index is 1240. The number of nitriles is 1. The van der Waals surface area contributed by atoms with Gasteiger partial charge < -0.3 is 14.6 Å². The molecule has 4 rings (SSSR count). The molecule has 0 saturated heterocycles. The standard InChI is InChI=1S/C26H22N4O2/c27-15-23-7-1-2-8-24(23)18-32-25-10-4-9-22(14-25)26(31)29-16-20-5-3-6-21(13-20)17-30-12-11-28-19-30/h1-14,19H,16-18H2,(H,29,31). The van der Waals surface area contributed by atoms with Crippen LogP contribution in [0, 0.1) is 11.3 Å². The number of imidazole rings is 1. The van der Waals surface area contributed by atoms with Crippen molar-refractivity contribution in [3.8, 4) is 11.8 Å². The van der Waals surface area contributed by atoms with Crippen molar-refractivity contribution < 1.29 is 9.53 Å². The first-order chi connectivity index (χ1) is 15.7. The zero-order valence-electron chi connectivity index (χ0n) is 17.4. The number of rotatable bonds is 8. The molecule has 0 aliphatic carbocycles. The summed E-state index contributed by atoms with van der Waals surface area (Å²) in [5.74, 6) is 0.403. The Morgan fingerprint density at radius 3 is 2.72 bits per heavy atom. The van der Waals surface area contributed by atoms with Crippen LogP contribution in [0.1, 0.15) is 32.6 Å². The molecule has 0 aliphatic heterocycles. The Morgan fingerprint density at radius 1 is 1.03 bits per heavy atom. The van der Waals surface area contributed by atoms with Gasteiger partial charge in [-0.25, -0.2) is 4.98 Å². The van der Waals surface area contributed by atoms with Gasteiger partial charge in [0.1, 0.15) is 12.4 Å². The van der Waals surface area contributed by atoms with Crippen molar-refractivity contribution in [3.05, 3.63) is 119 Å². The number of carbonyl (C=O) groups is 1. The van der Waals surface area contributed by atoms with Crippen molar-refractivity contribution in [1.82, 2.24) is 14.9 Å². The van der Waals surface area contributed by atoms with Crippen molar-refractivity contribution in [2.75, 3.05) is 0 Å². The molecule has 0 saturated carbocycles. The van der Waals surface area contributed by atoms with Crippen molar-refractivity contribution in [2.45, 2.75) is 19.7 Å². The van der Waals surface area contributed by atoms with Crippen molar-refractivity contribution in [3.63, 3.8) is 0 Å². The van der Waals surface area contributed by atoms with Gasteiger partial charge in [0, 0.05) is 36.6 Å². The molecule has 1 aromatic heterocycles. The largest absolute Gasteiger partial charge is 0.489 e. The average Bonchev–Trinajstić information content (AvgIpc) is 3.35. The normalized spacial score (nSPS) is 10.3. The highest BCUT2D eigenvalue weighted by Gasteiger charge is 2.08. The molecule has 0 bridgehead atoms. The molecule has 1 amide bonds. The Hall–Kier alpha value is -4.37. The number of nitrogens with zero attached hydrogens (tertiary/aromatic N) is 3. The summed E-state index contributed by atoms with van der Waals surface area (Å²) in [5.41, 5.74) is 4.07. The number of carbonyl (C=O) groups excluding carboxylic acids is 1. The molecular formula is C26H22N4O2. The number of benzene rings is 3. The van der Waals surface area contributed by atoms with Crippen LogP contribution >= 0.6 is 0 Å². The Kier molecular flexibility index (Phi) is 6.59. The van der Waals surface area contributed by atoms with E-state index < -0.39 is 0 Å². The van der Waals surface area contributed by atoms with E-state index in [-0.39, 0.29) is 12.5 Å². The van der Waals surface area contributed by atoms with Crippen molar-refractivity contribution in [2.24, 2.45) is 0 Å². The van der Waals surface area contributed by atoms with E-state index in [0.717, 1.165) is 23.2 Å². The van der Waals surface area contributed by atoms with Gasteiger partial charge in [0.05, 0.1) is 18.0 Å². The van der Waals surface area contributed by atoms with E-state index in [1.165, 1.54) is 0 Å². The van der Waals surface area contributed by atoms with Crippen LogP contribution in [0.15, 0.2) is 91.5 Å². The number of amides is 1. The number of nitrogens with one attached hydrogen (secondary N) is 1. The predicted molar refractivity (Wildman–Crippen MR) is 121 cm³/mol. The van der Waals surface area contributed by atoms with E-state index >= 15 is 0 Å². The van der Waals surface area contributed by atoms with E-state index in [0.29, 0.717) is 23.4 Å². The molecule has 1 N–H and O–H groups in total. The van der Waals surface area contributed by atoms with E-state index in [1.807, 2.05) is 41.1 Å². The summed E-state index contributed by atoms with van der Waals surface area (Å²) in [6, 6.07) is 24.6. The lowest BCUT2D eigenvalue weighted by Crippen LogP contribution is -2.22. The highest BCUT2D eigenvalue weighted by atomic mass is 16.5. The third-order valence-electron chi connectivity index (χ3n) is 5.00. The summed E-state index contributed by atoms with van der Waals surface area (Å²) < 4.78 is 7.81. The van der Waals surface area contributed by atoms with Crippen LogP contribution in [0.3, 0.4) is 0 Å². The molecular weight excluding hydrogens is 400 g/mol. The van der Waals surface area contributed by atoms with Crippen LogP contribution in [-0.2, 0) is 19.7 Å². The SMILES string of the molecule is N#Cc1ccccc1COc1cccc(C(=O)NCc2cccc(Cn3ccnc3)c2)c1. The molecule has 0 fully saturated rings. The molecule has 158 valence electrons. The van der Waals surface area contributed by atoms with Gasteiger partial charge in [-0.05, 0) is 35.4 Å². The number of aromatic nitrogens is 2. The van der Waals surface area contributed by atoms with Gasteiger partial charge in [0.25, 0.3) is 5.91 Å². The molecule has 0 atom stereocenters. The summed E-state index contributed by atoms with van der Waals surface area (Å²) in [6.45, 7) is 1.42. The topological polar surface area (TPSA) is 79.9 Å². The molecule has 4 aromatic rings. The van der Waals surface area contributed by atoms with Gasteiger partial charge in [0.15, 0.2) is 0 Å². The minimum atomic E-state index is -0.173. The second-order valence-corrected chi connectivity index (χ2v) is 7.32. The van der Waals surface area contributed by atoms with Crippen LogP contribution < -0.4 is 10.1 Å².